The molecule has 0 amide bonds. The maximum Gasteiger partial charge on any atom is 0.313 e. The number of aliphatic carboxylic acids is 1. The van der Waals surface area contributed by atoms with Crippen LogP contribution in [0.4, 0.5) is 0 Å². The number of carbonyl (C=O) groups is 2. The van der Waals surface area contributed by atoms with E-state index in [0.29, 0.717) is 29.9 Å². The largest absolute Gasteiger partial charge is 0.493 e. The Balaban J connectivity index is 1.43. The highest BCUT2D eigenvalue weighted by Gasteiger charge is 2.18. The molecule has 4 aromatic rings. The Kier molecular flexibility index (Phi) is 8.28. The van der Waals surface area contributed by atoms with Crippen LogP contribution in [0.25, 0.3) is 10.8 Å². The van der Waals surface area contributed by atoms with Crippen molar-refractivity contribution in [3.05, 3.63) is 102 Å². The van der Waals surface area contributed by atoms with Crippen molar-refractivity contribution < 1.29 is 24.2 Å². The Labute approximate surface area is 215 Å². The molecule has 0 bridgehead atoms. The second-order valence-corrected chi connectivity index (χ2v) is 9.58. The standard InChI is InChI=1S/C30H28O5S/c1-20-16-25(12-13-28(20)36-19-29(31)32)34-15-14-21(2)35-27-18-24-11-7-6-10-23(24)17-26(27)30(33)22-8-4-3-5-9-22/h3-13,16-18,21H,14-15,19H2,1-2H3,(H,31,32). The molecule has 0 saturated carbocycles. The molecule has 0 aromatic heterocycles. The van der Waals surface area contributed by atoms with E-state index in [9.17, 15) is 9.59 Å². The Hall–Kier alpha value is -3.77. The number of thioether (sulfide) groups is 1. The molecule has 4 aromatic carbocycles. The first-order valence-electron chi connectivity index (χ1n) is 11.8. The van der Waals surface area contributed by atoms with Gasteiger partial charge in [0, 0.05) is 16.9 Å². The maximum atomic E-state index is 13.3. The predicted molar refractivity (Wildman–Crippen MR) is 144 cm³/mol. The summed E-state index contributed by atoms with van der Waals surface area (Å²) in [5.41, 5.74) is 2.13. The second kappa shape index (κ2) is 11.8. The minimum absolute atomic E-state index is 0.0272. The van der Waals surface area contributed by atoms with Gasteiger partial charge in [0.2, 0.25) is 0 Å². The van der Waals surface area contributed by atoms with Gasteiger partial charge in [-0.1, -0.05) is 54.6 Å². The molecule has 0 radical (unpaired) electrons. The number of fused-ring (bicyclic) bond motifs is 1. The van der Waals surface area contributed by atoms with E-state index in [-0.39, 0.29) is 17.6 Å². The number of hydrogen-bond acceptors (Lipinski definition) is 5. The van der Waals surface area contributed by atoms with Gasteiger partial charge in [-0.15, -0.1) is 11.8 Å². The predicted octanol–water partition coefficient (Wildman–Crippen LogP) is 6.79. The van der Waals surface area contributed by atoms with Gasteiger partial charge in [-0.25, -0.2) is 0 Å². The molecule has 1 unspecified atom stereocenters. The molecule has 0 saturated heterocycles. The summed E-state index contributed by atoms with van der Waals surface area (Å²) < 4.78 is 12.2. The lowest BCUT2D eigenvalue weighted by atomic mass is 9.98. The molecule has 36 heavy (non-hydrogen) atoms. The van der Waals surface area contributed by atoms with Gasteiger partial charge in [0.1, 0.15) is 11.5 Å². The highest BCUT2D eigenvalue weighted by Crippen LogP contribution is 2.30. The first-order chi connectivity index (χ1) is 17.4. The van der Waals surface area contributed by atoms with Crippen molar-refractivity contribution >= 4 is 34.3 Å². The number of benzene rings is 4. The van der Waals surface area contributed by atoms with E-state index in [1.54, 1.807) is 0 Å². The van der Waals surface area contributed by atoms with Crippen LogP contribution in [-0.2, 0) is 4.79 Å². The highest BCUT2D eigenvalue weighted by atomic mass is 32.2. The van der Waals surface area contributed by atoms with E-state index in [1.165, 1.54) is 11.8 Å². The van der Waals surface area contributed by atoms with Crippen LogP contribution in [0.3, 0.4) is 0 Å². The molecule has 0 fully saturated rings. The van der Waals surface area contributed by atoms with Gasteiger partial charge >= 0.3 is 5.97 Å². The van der Waals surface area contributed by atoms with Crippen LogP contribution >= 0.6 is 11.8 Å². The zero-order valence-corrected chi connectivity index (χ0v) is 21.1. The number of aryl methyl sites for hydroxylation is 1. The fourth-order valence-corrected chi connectivity index (χ4v) is 4.60. The molecule has 0 aliphatic heterocycles. The Morgan fingerprint density at radius 3 is 2.31 bits per heavy atom. The smallest absolute Gasteiger partial charge is 0.313 e. The molecule has 1 atom stereocenters. The Morgan fingerprint density at radius 1 is 0.917 bits per heavy atom. The molecule has 6 heteroatoms. The number of carboxylic acid groups (broad SMARTS) is 1. The van der Waals surface area contributed by atoms with Crippen LogP contribution in [0, 0.1) is 6.92 Å². The van der Waals surface area contributed by atoms with Crippen molar-refractivity contribution in [3.63, 3.8) is 0 Å². The van der Waals surface area contributed by atoms with Crippen LogP contribution < -0.4 is 9.47 Å². The van der Waals surface area contributed by atoms with Crippen LogP contribution in [0.1, 0.15) is 34.8 Å². The zero-order chi connectivity index (χ0) is 25.5. The first kappa shape index (κ1) is 25.3. The highest BCUT2D eigenvalue weighted by molar-refractivity contribution is 8.00. The van der Waals surface area contributed by atoms with Crippen LogP contribution in [0.15, 0.2) is 89.8 Å². The number of carboxylic acids is 1. The van der Waals surface area contributed by atoms with Gasteiger partial charge in [0.15, 0.2) is 5.78 Å². The molecule has 0 aliphatic carbocycles. The third-order valence-electron chi connectivity index (χ3n) is 5.75. The summed E-state index contributed by atoms with van der Waals surface area (Å²) in [4.78, 5) is 25.0. The number of hydrogen-bond donors (Lipinski definition) is 1. The van der Waals surface area contributed by atoms with Crippen LogP contribution in [-0.4, -0.2) is 35.3 Å². The average Bonchev–Trinajstić information content (AvgIpc) is 2.88. The van der Waals surface area contributed by atoms with Gasteiger partial charge in [-0.05, 0) is 60.5 Å². The van der Waals surface area contributed by atoms with Crippen molar-refractivity contribution in [1.82, 2.24) is 0 Å². The van der Waals surface area contributed by atoms with Gasteiger partial charge in [0.05, 0.1) is 24.0 Å². The van der Waals surface area contributed by atoms with E-state index in [4.69, 9.17) is 14.6 Å². The van der Waals surface area contributed by atoms with Gasteiger partial charge in [0.25, 0.3) is 0 Å². The van der Waals surface area contributed by atoms with E-state index < -0.39 is 5.97 Å². The topological polar surface area (TPSA) is 72.8 Å². The minimum Gasteiger partial charge on any atom is -0.493 e. The third kappa shape index (κ3) is 6.46. The SMILES string of the molecule is Cc1cc(OCCC(C)Oc2cc3ccccc3cc2C(=O)c2ccccc2)ccc1SCC(=O)O. The quantitative estimate of drug-likeness (QED) is 0.181. The lowest BCUT2D eigenvalue weighted by Gasteiger charge is -2.18. The lowest BCUT2D eigenvalue weighted by molar-refractivity contribution is -0.133. The van der Waals surface area contributed by atoms with E-state index in [2.05, 4.69) is 0 Å². The lowest BCUT2D eigenvalue weighted by Crippen LogP contribution is -2.17. The maximum absolute atomic E-state index is 13.3. The summed E-state index contributed by atoms with van der Waals surface area (Å²) in [5.74, 6) is 0.403. The zero-order valence-electron chi connectivity index (χ0n) is 20.3. The molecule has 1 N–H and O–H groups in total. The van der Waals surface area contributed by atoms with E-state index in [0.717, 1.165) is 27.0 Å². The first-order valence-corrected chi connectivity index (χ1v) is 12.8. The number of ether oxygens (including phenoxy) is 2. The van der Waals surface area contributed by atoms with Crippen LogP contribution in [0.2, 0.25) is 0 Å². The summed E-state index contributed by atoms with van der Waals surface area (Å²) >= 11 is 1.29. The second-order valence-electron chi connectivity index (χ2n) is 8.57. The molecule has 0 spiro atoms. The fourth-order valence-electron chi connectivity index (χ4n) is 3.87. The fraction of sp³-hybridized carbons (Fsp3) is 0.200. The number of carbonyl (C=O) groups excluding carboxylic acids is 1. The summed E-state index contributed by atoms with van der Waals surface area (Å²) in [6.07, 6.45) is 0.445. The molecule has 0 heterocycles. The molecular weight excluding hydrogens is 472 g/mol. The summed E-state index contributed by atoms with van der Waals surface area (Å²) in [6, 6.07) is 26.6. The van der Waals surface area contributed by atoms with Crippen molar-refractivity contribution in [2.75, 3.05) is 12.4 Å². The normalized spacial score (nSPS) is 11.7. The third-order valence-corrected chi connectivity index (χ3v) is 6.91. The molecular formula is C30H28O5S. The van der Waals surface area contributed by atoms with E-state index in [1.807, 2.05) is 98.8 Å². The van der Waals surface area contributed by atoms with Crippen LogP contribution in [0.5, 0.6) is 11.5 Å². The molecule has 184 valence electrons. The summed E-state index contributed by atoms with van der Waals surface area (Å²) in [5, 5.41) is 10.9. The number of rotatable bonds is 11. The van der Waals surface area contributed by atoms with Crippen molar-refractivity contribution in [2.45, 2.75) is 31.3 Å². The summed E-state index contributed by atoms with van der Waals surface area (Å²) in [6.45, 7) is 4.35. The average molecular weight is 501 g/mol. The summed E-state index contributed by atoms with van der Waals surface area (Å²) in [7, 11) is 0. The van der Waals surface area contributed by atoms with Gasteiger partial charge < -0.3 is 14.6 Å². The molecule has 0 aliphatic rings. The monoisotopic (exact) mass is 500 g/mol. The van der Waals surface area contributed by atoms with Crippen molar-refractivity contribution in [2.24, 2.45) is 0 Å². The molecule has 4 rings (SSSR count). The Bertz CT molecular complexity index is 1370. The molecule has 5 nitrogen and oxygen atoms in total. The number of ketones is 1. The van der Waals surface area contributed by atoms with E-state index >= 15 is 0 Å². The van der Waals surface area contributed by atoms with Crippen molar-refractivity contribution in [1.29, 1.82) is 0 Å². The Morgan fingerprint density at radius 2 is 1.61 bits per heavy atom. The van der Waals surface area contributed by atoms with Gasteiger partial charge in [-0.2, -0.15) is 0 Å². The van der Waals surface area contributed by atoms with Gasteiger partial charge in [-0.3, -0.25) is 9.59 Å². The van der Waals surface area contributed by atoms with Crippen molar-refractivity contribution in [3.8, 4) is 11.5 Å². The minimum atomic E-state index is -0.839.